The number of hydrogen-bond donors (Lipinski definition) is 1. The summed E-state index contributed by atoms with van der Waals surface area (Å²) in [5.74, 6) is 0.657. The average molecular weight is 556 g/mol. The number of carbonyl (C=O) groups is 1. The molecule has 0 radical (unpaired) electrons. The van der Waals surface area contributed by atoms with Crippen molar-refractivity contribution in [2.24, 2.45) is 5.73 Å². The van der Waals surface area contributed by atoms with Crippen molar-refractivity contribution in [1.29, 1.82) is 0 Å². The molecule has 4 heterocycles. The third-order valence-corrected chi connectivity index (χ3v) is 6.88. The Kier molecular flexibility index (Phi) is 7.32. The first-order chi connectivity index (χ1) is 19.1. The van der Waals surface area contributed by atoms with Crippen LogP contribution in [0.3, 0.4) is 0 Å². The molecule has 5 rings (SSSR count). The van der Waals surface area contributed by atoms with Crippen LogP contribution in [0.25, 0.3) is 22.4 Å². The van der Waals surface area contributed by atoms with Crippen molar-refractivity contribution in [3.8, 4) is 17.2 Å². The van der Waals surface area contributed by atoms with Crippen LogP contribution in [0.15, 0.2) is 47.1 Å². The van der Waals surface area contributed by atoms with E-state index in [9.17, 15) is 18.0 Å². The number of piperazine rings is 1. The van der Waals surface area contributed by atoms with Gasteiger partial charge in [0.1, 0.15) is 17.0 Å². The Bertz CT molecular complexity index is 1530. The summed E-state index contributed by atoms with van der Waals surface area (Å²) < 4.78 is 51.3. The number of pyridine rings is 1. The van der Waals surface area contributed by atoms with Gasteiger partial charge in [0.2, 0.25) is 11.8 Å². The SMILES string of the molecule is CC[C@H]1CN(C(=O)c2nc(-c3ccc(OC)c4nc(C(F)(F)F)ccc34)oc2[C@H](C)N)CCN1c1ncccn1. The molecular weight excluding hydrogens is 527 g/mol. The van der Waals surface area contributed by atoms with Crippen molar-refractivity contribution < 1.29 is 27.1 Å². The Morgan fingerprint density at radius 3 is 2.58 bits per heavy atom. The molecule has 1 fully saturated rings. The minimum absolute atomic E-state index is 0.00621. The molecule has 4 aromatic rings. The molecule has 0 unspecified atom stereocenters. The van der Waals surface area contributed by atoms with Gasteiger partial charge in [-0.2, -0.15) is 13.2 Å². The van der Waals surface area contributed by atoms with Crippen LogP contribution in [0, 0.1) is 0 Å². The number of anilines is 1. The van der Waals surface area contributed by atoms with Gasteiger partial charge in [-0.05, 0) is 43.7 Å². The van der Waals surface area contributed by atoms with E-state index in [-0.39, 0.29) is 40.6 Å². The number of oxazole rings is 1. The van der Waals surface area contributed by atoms with Gasteiger partial charge in [-0.1, -0.05) is 6.92 Å². The van der Waals surface area contributed by atoms with Crippen LogP contribution in [-0.4, -0.2) is 63.5 Å². The molecule has 1 saturated heterocycles. The number of hydrogen-bond acceptors (Lipinski definition) is 9. The second-order valence-corrected chi connectivity index (χ2v) is 9.48. The zero-order valence-electron chi connectivity index (χ0n) is 22.1. The van der Waals surface area contributed by atoms with Crippen LogP contribution in [0.4, 0.5) is 19.1 Å². The van der Waals surface area contributed by atoms with E-state index in [1.165, 1.54) is 19.2 Å². The molecule has 40 heavy (non-hydrogen) atoms. The van der Waals surface area contributed by atoms with Crippen molar-refractivity contribution in [3.05, 3.63) is 59.9 Å². The largest absolute Gasteiger partial charge is 0.494 e. The smallest absolute Gasteiger partial charge is 0.433 e. The van der Waals surface area contributed by atoms with Crippen LogP contribution in [0.1, 0.15) is 48.3 Å². The van der Waals surface area contributed by atoms with E-state index in [0.29, 0.717) is 36.5 Å². The number of fused-ring (bicyclic) bond motifs is 1. The molecule has 13 heteroatoms. The highest BCUT2D eigenvalue weighted by Crippen LogP contribution is 2.37. The molecule has 1 aliphatic rings. The molecule has 0 saturated carbocycles. The Balaban J connectivity index is 1.50. The van der Waals surface area contributed by atoms with E-state index in [1.54, 1.807) is 36.4 Å². The highest BCUT2D eigenvalue weighted by Gasteiger charge is 2.35. The van der Waals surface area contributed by atoms with Crippen molar-refractivity contribution in [3.63, 3.8) is 0 Å². The summed E-state index contributed by atoms with van der Waals surface area (Å²) in [5, 5.41) is 0.325. The first-order valence-corrected chi connectivity index (χ1v) is 12.8. The molecule has 10 nitrogen and oxygen atoms in total. The number of carbonyl (C=O) groups excluding carboxylic acids is 1. The number of alkyl halides is 3. The van der Waals surface area contributed by atoms with E-state index in [4.69, 9.17) is 14.9 Å². The lowest BCUT2D eigenvalue weighted by atomic mass is 10.1. The quantitative estimate of drug-likeness (QED) is 0.367. The molecule has 1 aliphatic heterocycles. The lowest BCUT2D eigenvalue weighted by Gasteiger charge is -2.41. The molecule has 0 bridgehead atoms. The van der Waals surface area contributed by atoms with Crippen LogP contribution < -0.4 is 15.4 Å². The Labute approximate surface area is 228 Å². The van der Waals surface area contributed by atoms with E-state index >= 15 is 0 Å². The van der Waals surface area contributed by atoms with E-state index < -0.39 is 17.9 Å². The van der Waals surface area contributed by atoms with Crippen LogP contribution >= 0.6 is 0 Å². The Hall–Kier alpha value is -4.26. The van der Waals surface area contributed by atoms with Gasteiger partial charge >= 0.3 is 6.18 Å². The van der Waals surface area contributed by atoms with Crippen molar-refractivity contribution in [2.75, 3.05) is 31.6 Å². The number of halogens is 3. The van der Waals surface area contributed by atoms with E-state index in [2.05, 4.69) is 24.8 Å². The first-order valence-electron chi connectivity index (χ1n) is 12.8. The lowest BCUT2D eigenvalue weighted by molar-refractivity contribution is -0.140. The zero-order chi connectivity index (χ0) is 28.6. The fourth-order valence-electron chi connectivity index (χ4n) is 4.85. The van der Waals surface area contributed by atoms with Crippen molar-refractivity contribution in [2.45, 2.75) is 38.5 Å². The van der Waals surface area contributed by atoms with Gasteiger partial charge in [0.25, 0.3) is 5.91 Å². The highest BCUT2D eigenvalue weighted by atomic mass is 19.4. The summed E-state index contributed by atoms with van der Waals surface area (Å²) in [6.45, 7) is 5.06. The predicted molar refractivity (Wildman–Crippen MR) is 141 cm³/mol. The molecule has 2 atom stereocenters. The number of amides is 1. The van der Waals surface area contributed by atoms with Crippen LogP contribution in [0.2, 0.25) is 0 Å². The van der Waals surface area contributed by atoms with Crippen molar-refractivity contribution in [1.82, 2.24) is 24.8 Å². The van der Waals surface area contributed by atoms with Crippen LogP contribution in [-0.2, 0) is 6.18 Å². The first kappa shape index (κ1) is 27.3. The molecular formula is C27H28F3N7O3. The summed E-state index contributed by atoms with van der Waals surface area (Å²) >= 11 is 0. The summed E-state index contributed by atoms with van der Waals surface area (Å²) in [6.07, 6.45) is -0.509. The topological polar surface area (TPSA) is 124 Å². The maximum Gasteiger partial charge on any atom is 0.433 e. The maximum atomic E-state index is 13.7. The van der Waals surface area contributed by atoms with Crippen molar-refractivity contribution >= 4 is 22.8 Å². The van der Waals surface area contributed by atoms with Gasteiger partial charge in [-0.3, -0.25) is 4.79 Å². The molecule has 2 N–H and O–H groups in total. The zero-order valence-corrected chi connectivity index (χ0v) is 22.1. The monoisotopic (exact) mass is 555 g/mol. The summed E-state index contributed by atoms with van der Waals surface area (Å²) in [6, 6.07) is 6.33. The standard InChI is InChI=1S/C27H28F3N7O3/c1-4-16-14-36(12-13-37(16)26-32-10-5-11-33-26)25(38)22-23(15(2)31)40-24(35-22)18-6-8-19(39-3)21-17(18)7-9-20(34-21)27(28,29)30/h5-11,15-16H,4,12-14,31H2,1-3H3/t15-,16-/m0/s1. The van der Waals surface area contributed by atoms with Gasteiger partial charge < -0.3 is 24.7 Å². The lowest BCUT2D eigenvalue weighted by Crippen LogP contribution is -2.55. The summed E-state index contributed by atoms with van der Waals surface area (Å²) in [4.78, 5) is 34.5. The minimum Gasteiger partial charge on any atom is -0.494 e. The minimum atomic E-state index is -4.63. The number of aromatic nitrogens is 4. The predicted octanol–water partition coefficient (Wildman–Crippen LogP) is 4.47. The maximum absolute atomic E-state index is 13.7. The molecule has 3 aromatic heterocycles. The molecule has 1 amide bonds. The number of nitrogens with two attached hydrogens (primary N) is 1. The number of rotatable bonds is 6. The third kappa shape index (κ3) is 5.04. The molecule has 1 aromatic carbocycles. The third-order valence-electron chi connectivity index (χ3n) is 6.88. The number of methoxy groups -OCH3 is 1. The molecule has 0 aliphatic carbocycles. The van der Waals surface area contributed by atoms with Gasteiger partial charge in [0.05, 0.1) is 13.2 Å². The van der Waals surface area contributed by atoms with Gasteiger partial charge in [-0.25, -0.2) is 19.9 Å². The van der Waals surface area contributed by atoms with E-state index in [1.807, 2.05) is 6.92 Å². The highest BCUT2D eigenvalue weighted by molar-refractivity contribution is 5.98. The fraction of sp³-hybridized carbons (Fsp3) is 0.370. The second-order valence-electron chi connectivity index (χ2n) is 9.48. The van der Waals surface area contributed by atoms with Gasteiger partial charge in [0, 0.05) is 49.0 Å². The molecule has 0 spiro atoms. The van der Waals surface area contributed by atoms with Crippen LogP contribution in [0.5, 0.6) is 5.75 Å². The summed E-state index contributed by atoms with van der Waals surface area (Å²) in [5.41, 5.74) is 5.52. The van der Waals surface area contributed by atoms with E-state index in [0.717, 1.165) is 12.5 Å². The number of ether oxygens (including phenoxy) is 1. The summed E-state index contributed by atoms with van der Waals surface area (Å²) in [7, 11) is 1.35. The number of nitrogens with zero attached hydrogens (tertiary/aromatic N) is 6. The van der Waals surface area contributed by atoms with Gasteiger partial charge in [0.15, 0.2) is 11.5 Å². The second kappa shape index (κ2) is 10.7. The number of benzene rings is 1. The molecule has 210 valence electrons. The normalized spacial score (nSPS) is 16.8. The van der Waals surface area contributed by atoms with Gasteiger partial charge in [-0.15, -0.1) is 0 Å². The Morgan fingerprint density at radius 1 is 1.18 bits per heavy atom. The fourth-order valence-corrected chi connectivity index (χ4v) is 4.85. The Morgan fingerprint density at radius 2 is 1.93 bits per heavy atom. The average Bonchev–Trinajstić information content (AvgIpc) is 3.41.